The molecule has 0 aliphatic carbocycles. The molecule has 4 heteroatoms. The van der Waals surface area contributed by atoms with Crippen molar-refractivity contribution in [1.82, 2.24) is 21.3 Å². The number of rotatable bonds is 15. The van der Waals surface area contributed by atoms with Gasteiger partial charge in [0.2, 0.25) is 0 Å². The van der Waals surface area contributed by atoms with Gasteiger partial charge in [-0.2, -0.15) is 0 Å². The molecule has 0 saturated heterocycles. The first kappa shape index (κ1) is 18.6. The van der Waals surface area contributed by atoms with Gasteiger partial charge in [0.1, 0.15) is 0 Å². The lowest BCUT2D eigenvalue weighted by atomic mass is 10.3. The van der Waals surface area contributed by atoms with E-state index >= 15 is 0 Å². The summed E-state index contributed by atoms with van der Waals surface area (Å²) in [4.78, 5) is 0. The number of likely N-dealkylation sites (N-methyl/N-ethyl adjacent to an activating group) is 1. The Morgan fingerprint density at radius 2 is 1.21 bits per heavy atom. The zero-order valence-corrected chi connectivity index (χ0v) is 12.9. The summed E-state index contributed by atoms with van der Waals surface area (Å²) in [5, 5.41) is 13.4. The van der Waals surface area contributed by atoms with Crippen molar-refractivity contribution in [3.63, 3.8) is 0 Å². The van der Waals surface area contributed by atoms with Crippen molar-refractivity contribution < 1.29 is 0 Å². The van der Waals surface area contributed by atoms with E-state index in [2.05, 4.69) is 40.3 Å². The van der Waals surface area contributed by atoms with Gasteiger partial charge in [-0.1, -0.05) is 19.1 Å². The van der Waals surface area contributed by atoms with Crippen LogP contribution >= 0.6 is 0 Å². The molecule has 0 aromatic heterocycles. The summed E-state index contributed by atoms with van der Waals surface area (Å²) in [6, 6.07) is 0. The molecule has 0 saturated carbocycles. The van der Waals surface area contributed by atoms with Gasteiger partial charge in [0, 0.05) is 13.1 Å². The fourth-order valence-electron chi connectivity index (χ4n) is 1.76. The Balaban J connectivity index is 2.97. The van der Waals surface area contributed by atoms with Gasteiger partial charge in [-0.05, 0) is 65.5 Å². The Labute approximate surface area is 119 Å². The first-order valence-electron chi connectivity index (χ1n) is 7.83. The average Bonchev–Trinajstić information content (AvgIpc) is 2.43. The Morgan fingerprint density at radius 3 is 1.79 bits per heavy atom. The maximum atomic E-state index is 3.49. The zero-order chi connectivity index (χ0) is 14.0. The van der Waals surface area contributed by atoms with E-state index in [0.717, 1.165) is 45.8 Å². The predicted molar refractivity (Wildman–Crippen MR) is 85.8 cm³/mol. The van der Waals surface area contributed by atoms with E-state index in [1.54, 1.807) is 0 Å². The first-order chi connectivity index (χ1) is 9.41. The Bertz CT molecular complexity index is 183. The molecule has 0 radical (unpaired) electrons. The first-order valence-corrected chi connectivity index (χ1v) is 7.83. The molecule has 0 aromatic carbocycles. The van der Waals surface area contributed by atoms with Crippen LogP contribution in [0.4, 0.5) is 0 Å². The molecule has 0 heterocycles. The molecule has 0 amide bonds. The maximum absolute atomic E-state index is 3.49. The number of unbranched alkanes of at least 4 members (excludes halogenated alkanes) is 2. The Morgan fingerprint density at radius 1 is 0.684 bits per heavy atom. The lowest BCUT2D eigenvalue weighted by molar-refractivity contribution is 0.569. The van der Waals surface area contributed by atoms with Gasteiger partial charge in [0.25, 0.3) is 0 Å². The second-order valence-corrected chi connectivity index (χ2v) is 4.75. The quantitative estimate of drug-likeness (QED) is 0.266. The minimum absolute atomic E-state index is 0.982. The van der Waals surface area contributed by atoms with Gasteiger partial charge in [0.15, 0.2) is 0 Å². The monoisotopic (exact) mass is 270 g/mol. The molecule has 0 atom stereocenters. The number of hydrogen-bond acceptors (Lipinski definition) is 4. The molecule has 0 rings (SSSR count). The second-order valence-electron chi connectivity index (χ2n) is 4.75. The van der Waals surface area contributed by atoms with E-state index in [1.807, 2.05) is 7.05 Å². The van der Waals surface area contributed by atoms with Crippen LogP contribution in [-0.4, -0.2) is 52.9 Å². The fourth-order valence-corrected chi connectivity index (χ4v) is 1.76. The van der Waals surface area contributed by atoms with Gasteiger partial charge in [-0.3, -0.25) is 0 Å². The summed E-state index contributed by atoms with van der Waals surface area (Å²) >= 11 is 0. The van der Waals surface area contributed by atoms with E-state index in [-0.39, 0.29) is 0 Å². The van der Waals surface area contributed by atoms with Crippen LogP contribution in [0.25, 0.3) is 0 Å². The van der Waals surface area contributed by atoms with Crippen molar-refractivity contribution in [1.29, 1.82) is 0 Å². The Kier molecular flexibility index (Phi) is 17.2. The molecule has 0 fully saturated rings. The third kappa shape index (κ3) is 17.6. The van der Waals surface area contributed by atoms with Crippen LogP contribution in [0, 0.1) is 0 Å². The molecular formula is C15H34N4. The van der Waals surface area contributed by atoms with Crippen LogP contribution in [0.15, 0.2) is 12.2 Å². The van der Waals surface area contributed by atoms with E-state index in [0.29, 0.717) is 0 Å². The average molecular weight is 270 g/mol. The van der Waals surface area contributed by atoms with E-state index < -0.39 is 0 Å². The lowest BCUT2D eigenvalue weighted by Crippen LogP contribution is -2.20. The lowest BCUT2D eigenvalue weighted by Gasteiger charge is -2.05. The van der Waals surface area contributed by atoms with Crippen molar-refractivity contribution in [3.05, 3.63) is 12.2 Å². The number of hydrogen-bond donors (Lipinski definition) is 4. The predicted octanol–water partition coefficient (Wildman–Crippen LogP) is 1.11. The van der Waals surface area contributed by atoms with Crippen molar-refractivity contribution in [2.75, 3.05) is 52.9 Å². The van der Waals surface area contributed by atoms with E-state index in [4.69, 9.17) is 0 Å². The summed E-state index contributed by atoms with van der Waals surface area (Å²) in [6.45, 7) is 9.69. The molecule has 19 heavy (non-hydrogen) atoms. The SMILES string of the molecule is CCNCC=CCNCCCCNCCCCNC. The van der Waals surface area contributed by atoms with Gasteiger partial charge in [-0.25, -0.2) is 0 Å². The molecule has 0 aliphatic heterocycles. The largest absolute Gasteiger partial charge is 0.320 e. The summed E-state index contributed by atoms with van der Waals surface area (Å²) in [7, 11) is 2.01. The zero-order valence-electron chi connectivity index (χ0n) is 12.9. The maximum Gasteiger partial charge on any atom is 0.0135 e. The minimum atomic E-state index is 0.982. The second kappa shape index (κ2) is 17.6. The molecule has 0 aliphatic rings. The van der Waals surface area contributed by atoms with Crippen LogP contribution in [0.1, 0.15) is 32.6 Å². The van der Waals surface area contributed by atoms with Gasteiger partial charge in [0.05, 0.1) is 0 Å². The van der Waals surface area contributed by atoms with Crippen molar-refractivity contribution >= 4 is 0 Å². The molecular weight excluding hydrogens is 236 g/mol. The summed E-state index contributed by atoms with van der Waals surface area (Å²) in [5.74, 6) is 0. The topological polar surface area (TPSA) is 48.1 Å². The highest BCUT2D eigenvalue weighted by Crippen LogP contribution is 1.87. The van der Waals surface area contributed by atoms with E-state index in [9.17, 15) is 0 Å². The third-order valence-corrected chi connectivity index (χ3v) is 2.93. The van der Waals surface area contributed by atoms with Crippen LogP contribution < -0.4 is 21.3 Å². The standard InChI is InChI=1S/C15H34N4/c1-3-17-11-6-7-13-19-15-9-8-14-18-12-5-4-10-16-2/h6-7,16-19H,3-5,8-15H2,1-2H3. The highest BCUT2D eigenvalue weighted by Gasteiger charge is 1.90. The molecule has 0 spiro atoms. The van der Waals surface area contributed by atoms with Crippen LogP contribution in [0.3, 0.4) is 0 Å². The van der Waals surface area contributed by atoms with Crippen LogP contribution in [0.5, 0.6) is 0 Å². The molecule has 4 N–H and O–H groups in total. The molecule has 4 nitrogen and oxygen atoms in total. The third-order valence-electron chi connectivity index (χ3n) is 2.93. The van der Waals surface area contributed by atoms with Gasteiger partial charge < -0.3 is 21.3 Å². The highest BCUT2D eigenvalue weighted by molar-refractivity contribution is 4.85. The van der Waals surface area contributed by atoms with E-state index in [1.165, 1.54) is 25.7 Å². The van der Waals surface area contributed by atoms with Crippen LogP contribution in [0.2, 0.25) is 0 Å². The molecule has 0 unspecified atom stereocenters. The van der Waals surface area contributed by atoms with Gasteiger partial charge >= 0.3 is 0 Å². The van der Waals surface area contributed by atoms with Crippen LogP contribution in [-0.2, 0) is 0 Å². The number of nitrogens with one attached hydrogen (secondary N) is 4. The highest BCUT2D eigenvalue weighted by atomic mass is 14.9. The Hall–Kier alpha value is -0.420. The summed E-state index contributed by atoms with van der Waals surface area (Å²) in [5.41, 5.74) is 0. The van der Waals surface area contributed by atoms with Crippen molar-refractivity contribution in [2.24, 2.45) is 0 Å². The summed E-state index contributed by atoms with van der Waals surface area (Å²) in [6.07, 6.45) is 9.44. The summed E-state index contributed by atoms with van der Waals surface area (Å²) < 4.78 is 0. The smallest absolute Gasteiger partial charge is 0.0135 e. The molecule has 0 aromatic rings. The van der Waals surface area contributed by atoms with Crippen molar-refractivity contribution in [3.8, 4) is 0 Å². The molecule has 0 bridgehead atoms. The fraction of sp³-hybridized carbons (Fsp3) is 0.867. The minimum Gasteiger partial charge on any atom is -0.320 e. The van der Waals surface area contributed by atoms with Crippen molar-refractivity contribution in [2.45, 2.75) is 32.6 Å². The normalized spacial score (nSPS) is 11.5. The molecule has 114 valence electrons. The van der Waals surface area contributed by atoms with Gasteiger partial charge in [-0.15, -0.1) is 0 Å².